The van der Waals surface area contributed by atoms with Crippen LogP contribution in [0.1, 0.15) is 43.2 Å². The molecule has 27 heavy (non-hydrogen) atoms. The Balaban J connectivity index is 2.09. The van der Waals surface area contributed by atoms with Gasteiger partial charge in [-0.3, -0.25) is 4.98 Å². The Bertz CT molecular complexity index is 986. The molecule has 0 saturated heterocycles. The van der Waals surface area contributed by atoms with Crippen molar-refractivity contribution in [3.63, 3.8) is 0 Å². The molecular weight excluding hydrogens is 342 g/mol. The summed E-state index contributed by atoms with van der Waals surface area (Å²) >= 11 is 0. The molecule has 0 saturated carbocycles. The minimum absolute atomic E-state index is 0.228. The molecule has 0 radical (unpaired) electrons. The van der Waals surface area contributed by atoms with Crippen molar-refractivity contribution < 1.29 is 9.53 Å². The minimum Gasteiger partial charge on any atom is -0.444 e. The summed E-state index contributed by atoms with van der Waals surface area (Å²) in [5.74, 6) is 0. The van der Waals surface area contributed by atoms with E-state index in [1.807, 2.05) is 38.3 Å². The Morgan fingerprint density at radius 3 is 2.52 bits per heavy atom. The topological polar surface area (TPSA) is 94.9 Å². The van der Waals surface area contributed by atoms with Gasteiger partial charge >= 0.3 is 6.09 Å². The summed E-state index contributed by atoms with van der Waals surface area (Å²) in [5.41, 5.74) is 3.19. The maximum Gasteiger partial charge on any atom is 0.410 e. The molecule has 0 spiro atoms. The molecule has 0 atom stereocenters. The fourth-order valence-electron chi connectivity index (χ4n) is 3.26. The molecule has 2 aromatic rings. The van der Waals surface area contributed by atoms with E-state index in [1.165, 1.54) is 0 Å². The molecule has 7 heteroatoms. The number of hydrogen-bond donors (Lipinski definition) is 0. The molecule has 1 amide bonds. The summed E-state index contributed by atoms with van der Waals surface area (Å²) in [7, 11) is 0. The summed E-state index contributed by atoms with van der Waals surface area (Å²) in [6.45, 7) is 8.54. The van der Waals surface area contributed by atoms with Crippen LogP contribution in [0.5, 0.6) is 0 Å². The summed E-state index contributed by atoms with van der Waals surface area (Å²) in [6, 6.07) is 6.20. The van der Waals surface area contributed by atoms with Gasteiger partial charge in [0, 0.05) is 31.0 Å². The lowest BCUT2D eigenvalue weighted by Crippen LogP contribution is -2.41. The number of nitrogens with zero attached hydrogens (tertiary/aromatic N) is 5. The maximum atomic E-state index is 12.4. The number of pyridine rings is 1. The standard InChI is InChI=1S/C20H21N5O2/c1-13-5-6-23-11-16(13)18-15(10-22)14(9-21)17-12-24(7-8-25(17)18)19(26)27-20(2,3)4/h5-6,11H,7-8,12H2,1-4H3. The third kappa shape index (κ3) is 3.37. The average Bonchev–Trinajstić information content (AvgIpc) is 2.93. The van der Waals surface area contributed by atoms with Gasteiger partial charge in [-0.25, -0.2) is 4.79 Å². The first kappa shape index (κ1) is 18.5. The summed E-state index contributed by atoms with van der Waals surface area (Å²) in [5, 5.41) is 19.4. The van der Waals surface area contributed by atoms with Crippen LogP contribution in [0.4, 0.5) is 4.79 Å². The molecule has 0 aliphatic carbocycles. The van der Waals surface area contributed by atoms with Gasteiger partial charge in [-0.05, 0) is 39.3 Å². The van der Waals surface area contributed by atoms with Gasteiger partial charge in [0.15, 0.2) is 0 Å². The molecule has 1 aliphatic heterocycles. The van der Waals surface area contributed by atoms with Gasteiger partial charge in [0.2, 0.25) is 0 Å². The fourth-order valence-corrected chi connectivity index (χ4v) is 3.26. The van der Waals surface area contributed by atoms with E-state index in [4.69, 9.17) is 4.74 Å². The first-order valence-corrected chi connectivity index (χ1v) is 8.71. The highest BCUT2D eigenvalue weighted by Crippen LogP contribution is 2.35. The number of ether oxygens (including phenoxy) is 1. The Hall–Kier alpha value is -3.32. The van der Waals surface area contributed by atoms with E-state index in [-0.39, 0.29) is 6.54 Å². The smallest absolute Gasteiger partial charge is 0.410 e. The molecule has 0 bridgehead atoms. The highest BCUT2D eigenvalue weighted by Gasteiger charge is 2.32. The average molecular weight is 363 g/mol. The fraction of sp³-hybridized carbons (Fsp3) is 0.400. The highest BCUT2D eigenvalue weighted by molar-refractivity contribution is 5.76. The van der Waals surface area contributed by atoms with Crippen molar-refractivity contribution in [1.29, 1.82) is 10.5 Å². The van der Waals surface area contributed by atoms with Crippen molar-refractivity contribution in [3.8, 4) is 23.4 Å². The number of carbonyl (C=O) groups excluding carboxylic acids is 1. The van der Waals surface area contributed by atoms with Gasteiger partial charge < -0.3 is 14.2 Å². The van der Waals surface area contributed by atoms with Gasteiger partial charge in [0.25, 0.3) is 0 Å². The van der Waals surface area contributed by atoms with Crippen molar-refractivity contribution >= 4 is 6.09 Å². The lowest BCUT2D eigenvalue weighted by atomic mass is 10.0. The zero-order valence-electron chi connectivity index (χ0n) is 15.9. The predicted octanol–water partition coefficient (Wildman–Crippen LogP) is 3.35. The van der Waals surface area contributed by atoms with Crippen LogP contribution >= 0.6 is 0 Å². The summed E-state index contributed by atoms with van der Waals surface area (Å²) in [4.78, 5) is 18.2. The lowest BCUT2D eigenvalue weighted by Gasteiger charge is -2.31. The monoisotopic (exact) mass is 363 g/mol. The maximum absolute atomic E-state index is 12.4. The van der Waals surface area contributed by atoms with E-state index in [0.29, 0.717) is 35.6 Å². The van der Waals surface area contributed by atoms with Crippen LogP contribution in [-0.2, 0) is 17.8 Å². The Morgan fingerprint density at radius 2 is 1.93 bits per heavy atom. The zero-order valence-corrected chi connectivity index (χ0v) is 15.9. The van der Waals surface area contributed by atoms with E-state index in [0.717, 1.165) is 11.1 Å². The molecular formula is C20H21N5O2. The first-order chi connectivity index (χ1) is 12.8. The van der Waals surface area contributed by atoms with Crippen molar-refractivity contribution in [2.75, 3.05) is 6.54 Å². The van der Waals surface area contributed by atoms with Crippen LogP contribution in [0.25, 0.3) is 11.3 Å². The van der Waals surface area contributed by atoms with Gasteiger partial charge in [-0.1, -0.05) is 0 Å². The number of hydrogen-bond acceptors (Lipinski definition) is 5. The van der Waals surface area contributed by atoms with Gasteiger partial charge in [0.1, 0.15) is 17.7 Å². The molecule has 0 fully saturated rings. The van der Waals surface area contributed by atoms with Crippen LogP contribution in [0.15, 0.2) is 18.5 Å². The number of aromatic nitrogens is 2. The molecule has 1 aliphatic rings. The van der Waals surface area contributed by atoms with Crippen molar-refractivity contribution in [3.05, 3.63) is 40.8 Å². The second-order valence-corrected chi connectivity index (χ2v) is 7.51. The van der Waals surface area contributed by atoms with Crippen LogP contribution in [0, 0.1) is 29.6 Å². The predicted molar refractivity (Wildman–Crippen MR) is 98.5 cm³/mol. The van der Waals surface area contributed by atoms with Crippen LogP contribution in [0.2, 0.25) is 0 Å². The van der Waals surface area contributed by atoms with E-state index >= 15 is 0 Å². The molecule has 3 rings (SSSR count). The first-order valence-electron chi connectivity index (χ1n) is 8.71. The summed E-state index contributed by atoms with van der Waals surface area (Å²) < 4.78 is 7.41. The quantitative estimate of drug-likeness (QED) is 0.774. The van der Waals surface area contributed by atoms with Crippen LogP contribution < -0.4 is 0 Å². The SMILES string of the molecule is Cc1ccncc1-c1c(C#N)c(C#N)c2n1CCN(C(=O)OC(C)(C)C)C2. The normalized spacial score (nSPS) is 13.5. The number of fused-ring (bicyclic) bond motifs is 1. The van der Waals surface area contributed by atoms with E-state index in [1.54, 1.807) is 17.3 Å². The Labute approximate surface area is 158 Å². The molecule has 3 heterocycles. The van der Waals surface area contributed by atoms with E-state index in [2.05, 4.69) is 17.1 Å². The van der Waals surface area contributed by atoms with Gasteiger partial charge in [-0.15, -0.1) is 0 Å². The largest absolute Gasteiger partial charge is 0.444 e. The zero-order chi connectivity index (χ0) is 19.8. The third-order valence-electron chi connectivity index (χ3n) is 4.47. The number of carbonyl (C=O) groups is 1. The van der Waals surface area contributed by atoms with Gasteiger partial charge in [-0.2, -0.15) is 10.5 Å². The summed E-state index contributed by atoms with van der Waals surface area (Å²) in [6.07, 6.45) is 2.98. The Morgan fingerprint density at radius 1 is 1.22 bits per heavy atom. The lowest BCUT2D eigenvalue weighted by molar-refractivity contribution is 0.0199. The molecule has 0 unspecified atom stereocenters. The van der Waals surface area contributed by atoms with Crippen LogP contribution in [-0.4, -0.2) is 32.7 Å². The number of rotatable bonds is 1. The van der Waals surface area contributed by atoms with Gasteiger partial charge in [0.05, 0.1) is 29.1 Å². The second-order valence-electron chi connectivity index (χ2n) is 7.51. The minimum atomic E-state index is -0.593. The molecule has 2 aromatic heterocycles. The van der Waals surface area contributed by atoms with Crippen molar-refractivity contribution in [1.82, 2.24) is 14.5 Å². The number of aryl methyl sites for hydroxylation is 1. The second kappa shape index (κ2) is 6.77. The number of nitriles is 2. The third-order valence-corrected chi connectivity index (χ3v) is 4.47. The van der Waals surface area contributed by atoms with E-state index in [9.17, 15) is 15.3 Å². The molecule has 138 valence electrons. The molecule has 0 N–H and O–H groups in total. The van der Waals surface area contributed by atoms with Crippen molar-refractivity contribution in [2.45, 2.75) is 46.4 Å². The van der Waals surface area contributed by atoms with Crippen molar-refractivity contribution in [2.24, 2.45) is 0 Å². The molecule has 0 aromatic carbocycles. The van der Waals surface area contributed by atoms with E-state index < -0.39 is 11.7 Å². The highest BCUT2D eigenvalue weighted by atomic mass is 16.6. The number of amides is 1. The van der Waals surface area contributed by atoms with Crippen LogP contribution in [0.3, 0.4) is 0 Å². The molecule has 7 nitrogen and oxygen atoms in total. The Kier molecular flexibility index (Phi) is 4.63.